The van der Waals surface area contributed by atoms with E-state index >= 15 is 0 Å². The van der Waals surface area contributed by atoms with Gasteiger partial charge >= 0.3 is 5.97 Å². The quantitative estimate of drug-likeness (QED) is 0.455. The number of Topliss-reactive ketones (excluding diaryl/α,β-unsaturated/α-hetero) is 1. The second-order valence-corrected chi connectivity index (χ2v) is 6.68. The Kier molecular flexibility index (Phi) is 5.73. The number of oxime groups is 1. The lowest BCUT2D eigenvalue weighted by Gasteiger charge is -2.19. The summed E-state index contributed by atoms with van der Waals surface area (Å²) in [5, 5.41) is 4.45. The van der Waals surface area contributed by atoms with E-state index in [1.807, 2.05) is 27.7 Å². The fourth-order valence-corrected chi connectivity index (χ4v) is 2.43. The van der Waals surface area contributed by atoms with Crippen molar-refractivity contribution in [1.29, 1.82) is 0 Å². The normalized spacial score (nSPS) is 14.6. The first-order valence-corrected chi connectivity index (χ1v) is 8.20. The van der Waals surface area contributed by atoms with Gasteiger partial charge in [0.1, 0.15) is 5.71 Å². The van der Waals surface area contributed by atoms with Crippen LogP contribution in [-0.2, 0) is 9.63 Å². The number of rotatable bonds is 4. The van der Waals surface area contributed by atoms with E-state index in [-0.39, 0.29) is 17.6 Å². The van der Waals surface area contributed by atoms with E-state index in [2.05, 4.69) is 5.16 Å². The van der Waals surface area contributed by atoms with Gasteiger partial charge in [-0.3, -0.25) is 4.79 Å². The fraction of sp³-hybridized carbons (Fsp3) is 0.316. The largest absolute Gasteiger partial charge is 0.365 e. The van der Waals surface area contributed by atoms with Crippen molar-refractivity contribution in [2.24, 2.45) is 17.0 Å². The van der Waals surface area contributed by atoms with Crippen LogP contribution in [0.25, 0.3) is 0 Å². The number of halogens is 1. The number of hydrogen-bond donors (Lipinski definition) is 0. The number of nitrogens with zero attached hydrogens (tertiary/aromatic N) is 1. The Bertz CT molecular complexity index is 710. The molecule has 1 aromatic carbocycles. The molecule has 0 aliphatic heterocycles. The van der Waals surface area contributed by atoms with Gasteiger partial charge in [-0.2, -0.15) is 0 Å². The molecule has 0 bridgehead atoms. The Balaban J connectivity index is 2.25. The van der Waals surface area contributed by atoms with E-state index in [1.165, 1.54) is 0 Å². The summed E-state index contributed by atoms with van der Waals surface area (Å²) in [6.07, 6.45) is 3.35. The smallest absolute Gasteiger partial charge is 0.312 e. The zero-order valence-electron chi connectivity index (χ0n) is 14.2. The third kappa shape index (κ3) is 4.20. The summed E-state index contributed by atoms with van der Waals surface area (Å²) in [6.45, 7) is 7.80. The lowest BCUT2D eigenvalue weighted by molar-refractivity contribution is -0.113. The maximum atomic E-state index is 12.4. The molecule has 0 fully saturated rings. The van der Waals surface area contributed by atoms with Crippen molar-refractivity contribution in [1.82, 2.24) is 0 Å². The maximum Gasteiger partial charge on any atom is 0.365 e. The van der Waals surface area contributed by atoms with Crippen LogP contribution in [-0.4, -0.2) is 17.5 Å². The summed E-state index contributed by atoms with van der Waals surface area (Å²) in [4.78, 5) is 29.5. The van der Waals surface area contributed by atoms with E-state index in [9.17, 15) is 9.59 Å². The van der Waals surface area contributed by atoms with Gasteiger partial charge in [-0.15, -0.1) is 0 Å². The summed E-state index contributed by atoms with van der Waals surface area (Å²) in [7, 11) is 0. The van der Waals surface area contributed by atoms with Gasteiger partial charge in [-0.25, -0.2) is 4.79 Å². The van der Waals surface area contributed by atoms with Gasteiger partial charge in [-0.1, -0.05) is 44.5 Å². The third-order valence-electron chi connectivity index (χ3n) is 3.69. The lowest BCUT2D eigenvalue weighted by Crippen LogP contribution is -2.21. The molecule has 1 aromatic rings. The molecule has 126 valence electrons. The highest BCUT2D eigenvalue weighted by Gasteiger charge is 2.25. The molecule has 5 heteroatoms. The highest BCUT2D eigenvalue weighted by atomic mass is 35.5. The Morgan fingerprint density at radius 1 is 1.00 bits per heavy atom. The van der Waals surface area contributed by atoms with Crippen molar-refractivity contribution in [3.8, 4) is 0 Å². The molecule has 1 aliphatic rings. The molecule has 0 saturated carbocycles. The summed E-state index contributed by atoms with van der Waals surface area (Å²) in [6, 6.07) is 6.36. The van der Waals surface area contributed by atoms with E-state index in [4.69, 9.17) is 16.4 Å². The second-order valence-electron chi connectivity index (χ2n) is 6.24. The van der Waals surface area contributed by atoms with Crippen LogP contribution in [0.15, 0.2) is 52.7 Å². The van der Waals surface area contributed by atoms with Crippen molar-refractivity contribution >= 4 is 29.1 Å². The van der Waals surface area contributed by atoms with Crippen LogP contribution >= 0.6 is 11.6 Å². The highest BCUT2D eigenvalue weighted by Crippen LogP contribution is 2.25. The van der Waals surface area contributed by atoms with Crippen LogP contribution in [0, 0.1) is 11.8 Å². The minimum atomic E-state index is -0.574. The summed E-state index contributed by atoms with van der Waals surface area (Å²) >= 11 is 5.79. The van der Waals surface area contributed by atoms with Gasteiger partial charge in [0.2, 0.25) is 0 Å². The number of hydrogen-bond acceptors (Lipinski definition) is 4. The Hall–Kier alpha value is -2.20. The molecule has 2 rings (SSSR count). The SMILES string of the molecule is CC(C)C1=CC(=NOC(=O)c2ccc(Cl)cc2)C=C(C(C)C)C1=O. The van der Waals surface area contributed by atoms with Crippen molar-refractivity contribution < 1.29 is 14.4 Å². The van der Waals surface area contributed by atoms with Crippen LogP contribution in [0.1, 0.15) is 38.1 Å². The minimum absolute atomic E-state index is 0.0305. The summed E-state index contributed by atoms with van der Waals surface area (Å²) in [5.74, 6) is -0.410. The van der Waals surface area contributed by atoms with Crippen LogP contribution in [0.4, 0.5) is 0 Å². The van der Waals surface area contributed by atoms with E-state index in [0.717, 1.165) is 0 Å². The first-order chi connectivity index (χ1) is 11.3. The minimum Gasteiger partial charge on any atom is -0.312 e. The summed E-state index contributed by atoms with van der Waals surface area (Å²) < 4.78 is 0. The number of carbonyl (C=O) groups is 2. The zero-order valence-corrected chi connectivity index (χ0v) is 14.9. The van der Waals surface area contributed by atoms with E-state index < -0.39 is 5.97 Å². The Labute approximate surface area is 146 Å². The van der Waals surface area contributed by atoms with E-state index in [0.29, 0.717) is 27.4 Å². The molecule has 0 amide bonds. The molecule has 0 unspecified atom stereocenters. The Morgan fingerprint density at radius 2 is 1.50 bits per heavy atom. The molecule has 4 nitrogen and oxygen atoms in total. The second kappa shape index (κ2) is 7.58. The predicted octanol–water partition coefficient (Wildman–Crippen LogP) is 4.60. The molecule has 0 saturated heterocycles. The molecule has 24 heavy (non-hydrogen) atoms. The average Bonchev–Trinajstić information content (AvgIpc) is 2.53. The number of benzene rings is 1. The maximum absolute atomic E-state index is 12.4. The first-order valence-electron chi connectivity index (χ1n) is 7.82. The molecule has 0 aromatic heterocycles. The molecular weight excluding hydrogens is 326 g/mol. The molecule has 0 atom stereocenters. The van der Waals surface area contributed by atoms with Gasteiger partial charge in [0.25, 0.3) is 0 Å². The number of ketones is 1. The average molecular weight is 346 g/mol. The molecule has 0 heterocycles. The first kappa shape index (κ1) is 18.1. The fourth-order valence-electron chi connectivity index (χ4n) is 2.30. The molecule has 0 radical (unpaired) electrons. The van der Waals surface area contributed by atoms with Gasteiger partial charge in [-0.05, 0) is 48.3 Å². The molecular formula is C19H20ClNO3. The highest BCUT2D eigenvalue weighted by molar-refractivity contribution is 6.30. The van der Waals surface area contributed by atoms with E-state index in [1.54, 1.807) is 36.4 Å². The van der Waals surface area contributed by atoms with Crippen LogP contribution in [0.3, 0.4) is 0 Å². The number of allylic oxidation sites excluding steroid dienone is 4. The van der Waals surface area contributed by atoms with Crippen molar-refractivity contribution in [3.63, 3.8) is 0 Å². The van der Waals surface area contributed by atoms with Crippen LogP contribution < -0.4 is 0 Å². The zero-order chi connectivity index (χ0) is 17.9. The molecule has 0 spiro atoms. The monoisotopic (exact) mass is 345 g/mol. The lowest BCUT2D eigenvalue weighted by atomic mass is 9.84. The Morgan fingerprint density at radius 3 is 1.96 bits per heavy atom. The number of carbonyl (C=O) groups excluding carboxylic acids is 2. The third-order valence-corrected chi connectivity index (χ3v) is 3.94. The topological polar surface area (TPSA) is 55.7 Å². The van der Waals surface area contributed by atoms with Gasteiger partial charge < -0.3 is 4.84 Å². The van der Waals surface area contributed by atoms with Crippen LogP contribution in [0.5, 0.6) is 0 Å². The van der Waals surface area contributed by atoms with Crippen molar-refractivity contribution in [2.75, 3.05) is 0 Å². The predicted molar refractivity (Wildman–Crippen MR) is 95.2 cm³/mol. The van der Waals surface area contributed by atoms with Crippen LogP contribution in [0.2, 0.25) is 5.02 Å². The van der Waals surface area contributed by atoms with Gasteiger partial charge in [0.05, 0.1) is 5.56 Å². The standard InChI is InChI=1S/C19H20ClNO3/c1-11(2)16-9-15(10-17(12(3)4)18(16)22)21-24-19(23)13-5-7-14(20)8-6-13/h5-12H,1-4H3. The van der Waals surface area contributed by atoms with Crippen molar-refractivity contribution in [3.05, 3.63) is 58.1 Å². The molecule has 1 aliphatic carbocycles. The van der Waals surface area contributed by atoms with Gasteiger partial charge in [0.15, 0.2) is 5.78 Å². The molecule has 0 N–H and O–H groups in total. The summed E-state index contributed by atoms with van der Waals surface area (Å²) in [5.41, 5.74) is 2.16. The van der Waals surface area contributed by atoms with Gasteiger partial charge in [0, 0.05) is 16.2 Å². The van der Waals surface area contributed by atoms with Crippen molar-refractivity contribution in [2.45, 2.75) is 27.7 Å².